The summed E-state index contributed by atoms with van der Waals surface area (Å²) in [5.41, 5.74) is 0.994. The summed E-state index contributed by atoms with van der Waals surface area (Å²) in [5.74, 6) is 0.665. The van der Waals surface area contributed by atoms with Crippen LogP contribution in [0.1, 0.15) is 19.4 Å². The van der Waals surface area contributed by atoms with Crippen molar-refractivity contribution in [2.24, 2.45) is 4.99 Å². The molecule has 25 heavy (non-hydrogen) atoms. The van der Waals surface area contributed by atoms with E-state index in [-0.39, 0.29) is 18.7 Å². The van der Waals surface area contributed by atoms with E-state index in [9.17, 15) is 4.57 Å². The molecule has 0 fully saturated rings. The van der Waals surface area contributed by atoms with Crippen LogP contribution in [0.4, 0.5) is 0 Å². The van der Waals surface area contributed by atoms with Gasteiger partial charge in [0.05, 0.1) is 13.2 Å². The number of benzene rings is 1. The molecule has 0 aliphatic heterocycles. The minimum Gasteiger partial charge on any atom is -0.489 e. The highest BCUT2D eigenvalue weighted by Crippen LogP contribution is 2.56. The van der Waals surface area contributed by atoms with Crippen LogP contribution in [-0.4, -0.2) is 45.0 Å². The lowest BCUT2D eigenvalue weighted by Crippen LogP contribution is -2.06. The van der Waals surface area contributed by atoms with Crippen LogP contribution < -0.4 is 4.74 Å². The van der Waals surface area contributed by atoms with Gasteiger partial charge in [0.1, 0.15) is 12.4 Å². The van der Waals surface area contributed by atoms with E-state index in [0.29, 0.717) is 12.4 Å². The lowest BCUT2D eigenvalue weighted by atomic mass is 10.2. The third-order valence-electron chi connectivity index (χ3n) is 2.86. The summed E-state index contributed by atoms with van der Waals surface area (Å²) in [5, 5.41) is 0. The Bertz CT molecular complexity index is 646. The zero-order valence-electron chi connectivity index (χ0n) is 15.3. The standard InChI is InChI=1S/C18H27N2O4P/c1-6-13-22-17-12-10-9-11-16(17)14-19-18(15-20(4)5)25(21,23-7-2)24-8-3/h6,9-12,14-15H,1,7-8,13H2,2-5H3/b18-15+,19-14+. The lowest BCUT2D eigenvalue weighted by Gasteiger charge is -2.18. The molecule has 0 aliphatic carbocycles. The van der Waals surface area contributed by atoms with Gasteiger partial charge in [-0.05, 0) is 26.0 Å². The molecule has 138 valence electrons. The summed E-state index contributed by atoms with van der Waals surface area (Å²) >= 11 is 0. The van der Waals surface area contributed by atoms with Gasteiger partial charge in [-0.25, -0.2) is 4.99 Å². The molecule has 0 heterocycles. The molecule has 1 aromatic carbocycles. The molecule has 1 aromatic rings. The van der Waals surface area contributed by atoms with Crippen molar-refractivity contribution in [3.63, 3.8) is 0 Å². The highest BCUT2D eigenvalue weighted by molar-refractivity contribution is 7.58. The van der Waals surface area contributed by atoms with Crippen molar-refractivity contribution < 1.29 is 18.3 Å². The van der Waals surface area contributed by atoms with E-state index in [1.807, 2.05) is 38.4 Å². The molecule has 6 nitrogen and oxygen atoms in total. The van der Waals surface area contributed by atoms with Gasteiger partial charge < -0.3 is 18.7 Å². The Balaban J connectivity index is 3.21. The van der Waals surface area contributed by atoms with Crippen LogP contribution in [0.25, 0.3) is 0 Å². The van der Waals surface area contributed by atoms with Crippen LogP contribution in [0.3, 0.4) is 0 Å². The third kappa shape index (κ3) is 6.86. The monoisotopic (exact) mass is 366 g/mol. The quantitative estimate of drug-likeness (QED) is 0.332. The van der Waals surface area contributed by atoms with Gasteiger partial charge >= 0.3 is 7.60 Å². The van der Waals surface area contributed by atoms with Gasteiger partial charge in [0.25, 0.3) is 0 Å². The first-order chi connectivity index (χ1) is 12.0. The molecular weight excluding hydrogens is 339 g/mol. The fraction of sp³-hybridized carbons (Fsp3) is 0.389. The molecule has 7 heteroatoms. The van der Waals surface area contributed by atoms with E-state index in [4.69, 9.17) is 13.8 Å². The Morgan fingerprint density at radius 3 is 2.44 bits per heavy atom. The molecule has 0 N–H and O–H groups in total. The Morgan fingerprint density at radius 2 is 1.88 bits per heavy atom. The molecule has 0 amide bonds. The van der Waals surface area contributed by atoms with E-state index in [0.717, 1.165) is 5.56 Å². The number of para-hydroxylation sites is 1. The molecule has 0 atom stereocenters. The Morgan fingerprint density at radius 1 is 1.24 bits per heavy atom. The Kier molecular flexibility index (Phi) is 9.21. The van der Waals surface area contributed by atoms with Crippen LogP contribution in [0.5, 0.6) is 5.75 Å². The zero-order valence-corrected chi connectivity index (χ0v) is 16.2. The predicted octanol–water partition coefficient (Wildman–Crippen LogP) is 4.30. The molecule has 0 unspecified atom stereocenters. The highest BCUT2D eigenvalue weighted by Gasteiger charge is 2.30. The van der Waals surface area contributed by atoms with E-state index < -0.39 is 7.60 Å². The number of ether oxygens (including phenoxy) is 1. The molecule has 0 saturated carbocycles. The normalized spacial score (nSPS) is 12.4. The molecule has 0 bridgehead atoms. The van der Waals surface area contributed by atoms with Gasteiger partial charge in [-0.15, -0.1) is 0 Å². The van der Waals surface area contributed by atoms with Crippen LogP contribution >= 0.6 is 7.60 Å². The number of nitrogens with zero attached hydrogens (tertiary/aromatic N) is 2. The average Bonchev–Trinajstić information content (AvgIpc) is 2.57. The van der Waals surface area contributed by atoms with E-state index in [1.165, 1.54) is 0 Å². The number of aliphatic imine (C=N–C) groups is 1. The molecule has 0 spiro atoms. The summed E-state index contributed by atoms with van der Waals surface area (Å²) in [6, 6.07) is 7.45. The Labute approximate surface area is 150 Å². The average molecular weight is 366 g/mol. The summed E-state index contributed by atoms with van der Waals surface area (Å²) in [6.07, 6.45) is 4.90. The Hall–Kier alpha value is -1.88. The summed E-state index contributed by atoms with van der Waals surface area (Å²) < 4.78 is 29.4. The first-order valence-corrected chi connectivity index (χ1v) is 9.65. The molecule has 0 radical (unpaired) electrons. The van der Waals surface area contributed by atoms with Crippen molar-refractivity contribution in [1.82, 2.24) is 4.90 Å². The minimum atomic E-state index is -3.49. The summed E-state index contributed by atoms with van der Waals surface area (Å²) in [7, 11) is 0.145. The maximum absolute atomic E-state index is 13.0. The van der Waals surface area contributed by atoms with Crippen molar-refractivity contribution >= 4 is 13.8 Å². The smallest absolute Gasteiger partial charge is 0.381 e. The second-order valence-electron chi connectivity index (χ2n) is 5.18. The topological polar surface area (TPSA) is 60.4 Å². The fourth-order valence-corrected chi connectivity index (χ4v) is 3.51. The minimum absolute atomic E-state index is 0.236. The summed E-state index contributed by atoms with van der Waals surface area (Å²) in [6.45, 7) is 8.08. The SMILES string of the molecule is C=CCOc1ccccc1/C=N/C(=C\N(C)C)P(=O)(OCC)OCC. The number of hydrogen-bond acceptors (Lipinski definition) is 6. The predicted molar refractivity (Wildman–Crippen MR) is 102 cm³/mol. The van der Waals surface area contributed by atoms with Gasteiger partial charge in [-0.1, -0.05) is 24.8 Å². The fourth-order valence-electron chi connectivity index (χ4n) is 1.92. The largest absolute Gasteiger partial charge is 0.489 e. The van der Waals surface area contributed by atoms with Gasteiger partial charge in [0, 0.05) is 32.1 Å². The first kappa shape index (κ1) is 21.2. The second kappa shape index (κ2) is 10.9. The lowest BCUT2D eigenvalue weighted by molar-refractivity contribution is 0.225. The molecule has 1 rings (SSSR count). The molecular formula is C18H27N2O4P. The highest BCUT2D eigenvalue weighted by atomic mass is 31.2. The van der Waals surface area contributed by atoms with Crippen LogP contribution in [0.15, 0.2) is 53.6 Å². The molecule has 0 saturated heterocycles. The maximum Gasteiger partial charge on any atom is 0.381 e. The summed E-state index contributed by atoms with van der Waals surface area (Å²) in [4.78, 5) is 6.14. The van der Waals surface area contributed by atoms with E-state index in [1.54, 1.807) is 37.2 Å². The van der Waals surface area contributed by atoms with Crippen molar-refractivity contribution in [1.29, 1.82) is 0 Å². The van der Waals surface area contributed by atoms with E-state index >= 15 is 0 Å². The second-order valence-corrected chi connectivity index (χ2v) is 7.15. The van der Waals surface area contributed by atoms with Crippen molar-refractivity contribution in [2.45, 2.75) is 13.8 Å². The van der Waals surface area contributed by atoms with Crippen LogP contribution in [0.2, 0.25) is 0 Å². The van der Waals surface area contributed by atoms with Crippen LogP contribution in [-0.2, 0) is 13.6 Å². The zero-order chi connectivity index (χ0) is 18.7. The molecule has 0 aliphatic rings. The van der Waals surface area contributed by atoms with Crippen LogP contribution in [0, 0.1) is 0 Å². The molecule has 0 aromatic heterocycles. The van der Waals surface area contributed by atoms with Crippen molar-refractivity contribution in [3.05, 3.63) is 54.1 Å². The maximum atomic E-state index is 13.0. The van der Waals surface area contributed by atoms with E-state index in [2.05, 4.69) is 11.6 Å². The first-order valence-electron chi connectivity index (χ1n) is 8.11. The third-order valence-corrected chi connectivity index (χ3v) is 4.85. The van der Waals surface area contributed by atoms with Gasteiger partial charge in [-0.3, -0.25) is 4.57 Å². The van der Waals surface area contributed by atoms with Gasteiger partial charge in [-0.2, -0.15) is 0 Å². The number of rotatable bonds is 11. The van der Waals surface area contributed by atoms with Gasteiger partial charge in [0.2, 0.25) is 0 Å². The van der Waals surface area contributed by atoms with Gasteiger partial charge in [0.15, 0.2) is 5.44 Å². The number of hydrogen-bond donors (Lipinski definition) is 0. The van der Waals surface area contributed by atoms with Crippen molar-refractivity contribution in [3.8, 4) is 5.75 Å². The van der Waals surface area contributed by atoms with Crippen molar-refractivity contribution in [2.75, 3.05) is 33.9 Å².